The molecule has 29 heavy (non-hydrogen) atoms. The highest BCUT2D eigenvalue weighted by Crippen LogP contribution is 2.25. The molecule has 1 saturated heterocycles. The van der Waals surface area contributed by atoms with Gasteiger partial charge in [-0.05, 0) is 30.3 Å². The first-order valence-electron chi connectivity index (χ1n) is 8.85. The Morgan fingerprint density at radius 1 is 1.38 bits per heavy atom. The number of nitrogens with zero attached hydrogens (tertiary/aromatic N) is 2. The molecule has 0 bridgehead atoms. The first kappa shape index (κ1) is 21.1. The number of benzene rings is 1. The summed E-state index contributed by atoms with van der Waals surface area (Å²) in [5.74, 6) is -0.487. The molecule has 0 radical (unpaired) electrons. The van der Waals surface area contributed by atoms with Gasteiger partial charge in [0, 0.05) is 25.3 Å². The van der Waals surface area contributed by atoms with E-state index < -0.39 is 6.10 Å². The second-order valence-electron chi connectivity index (χ2n) is 6.29. The summed E-state index contributed by atoms with van der Waals surface area (Å²) < 4.78 is 5.64. The fourth-order valence-corrected chi connectivity index (χ4v) is 3.74. The number of carbonyl (C=O) groups is 2. The number of hydrogen-bond acceptors (Lipinski definition) is 7. The average molecular weight is 435 g/mol. The molecule has 1 fully saturated rings. The number of aliphatic hydroxyl groups excluding tert-OH is 1. The molecule has 10 heteroatoms. The Morgan fingerprint density at radius 3 is 2.90 bits per heavy atom. The number of nitrogens with one attached hydrogen (secondary N) is 2. The van der Waals surface area contributed by atoms with E-state index in [1.807, 2.05) is 0 Å². The number of thiophene rings is 1. The number of amides is 2. The molecule has 152 valence electrons. The molecule has 1 aromatic heterocycles. The van der Waals surface area contributed by atoms with Crippen molar-refractivity contribution in [3.63, 3.8) is 0 Å². The number of nitriles is 1. The van der Waals surface area contributed by atoms with Crippen LogP contribution in [0.2, 0.25) is 4.34 Å². The van der Waals surface area contributed by atoms with Crippen LogP contribution in [0.4, 0.5) is 11.4 Å². The van der Waals surface area contributed by atoms with E-state index in [9.17, 15) is 20.0 Å². The molecule has 3 rings (SSSR count). The molecule has 2 amide bonds. The van der Waals surface area contributed by atoms with Crippen molar-refractivity contribution >= 4 is 46.1 Å². The van der Waals surface area contributed by atoms with E-state index in [1.165, 1.54) is 4.90 Å². The maximum absolute atomic E-state index is 12.0. The predicted molar refractivity (Wildman–Crippen MR) is 110 cm³/mol. The van der Waals surface area contributed by atoms with Gasteiger partial charge in [0.25, 0.3) is 11.8 Å². The Kier molecular flexibility index (Phi) is 7.06. The van der Waals surface area contributed by atoms with Crippen molar-refractivity contribution in [2.45, 2.75) is 6.10 Å². The lowest BCUT2D eigenvalue weighted by Crippen LogP contribution is -2.42. The van der Waals surface area contributed by atoms with E-state index in [0.29, 0.717) is 39.3 Å². The van der Waals surface area contributed by atoms with Crippen molar-refractivity contribution in [2.75, 3.05) is 43.1 Å². The lowest BCUT2D eigenvalue weighted by molar-refractivity contribution is -0.125. The third-order valence-corrected chi connectivity index (χ3v) is 5.46. The summed E-state index contributed by atoms with van der Waals surface area (Å²) in [6.45, 7) is 1.06. The summed E-state index contributed by atoms with van der Waals surface area (Å²) in [4.78, 5) is 26.0. The largest absolute Gasteiger partial charge is 0.389 e. The van der Waals surface area contributed by atoms with Crippen LogP contribution in [0, 0.1) is 11.3 Å². The Morgan fingerprint density at radius 2 is 2.21 bits per heavy atom. The molecule has 1 aromatic carbocycles. The normalized spacial score (nSPS) is 14.9. The highest BCUT2D eigenvalue weighted by molar-refractivity contribution is 7.17. The SMILES string of the molecule is N#Cc1cc(NCC(O)CNC(=O)c2ccc(Cl)s2)ccc1N1CCOCC1=O. The molecule has 0 saturated carbocycles. The summed E-state index contributed by atoms with van der Waals surface area (Å²) in [6, 6.07) is 10.4. The lowest BCUT2D eigenvalue weighted by atomic mass is 10.1. The number of rotatable bonds is 7. The molecule has 8 nitrogen and oxygen atoms in total. The fraction of sp³-hybridized carbons (Fsp3) is 0.316. The molecule has 1 aliphatic rings. The summed E-state index contributed by atoms with van der Waals surface area (Å²) in [6.07, 6.45) is -0.833. The van der Waals surface area contributed by atoms with Gasteiger partial charge in [-0.1, -0.05) is 11.6 Å². The molecule has 3 N–H and O–H groups in total. The van der Waals surface area contributed by atoms with Gasteiger partial charge in [0.1, 0.15) is 12.7 Å². The smallest absolute Gasteiger partial charge is 0.261 e. The van der Waals surface area contributed by atoms with Crippen LogP contribution in [0.5, 0.6) is 0 Å². The van der Waals surface area contributed by atoms with Gasteiger partial charge in [-0.3, -0.25) is 9.59 Å². The predicted octanol–water partition coefficient (Wildman–Crippen LogP) is 1.84. The molecule has 1 atom stereocenters. The highest BCUT2D eigenvalue weighted by atomic mass is 35.5. The van der Waals surface area contributed by atoms with Gasteiger partial charge < -0.3 is 25.4 Å². The maximum atomic E-state index is 12.0. The molecule has 1 unspecified atom stereocenters. The molecule has 2 heterocycles. The van der Waals surface area contributed by atoms with E-state index in [0.717, 1.165) is 11.3 Å². The van der Waals surface area contributed by atoms with Crippen LogP contribution in [0.15, 0.2) is 30.3 Å². The van der Waals surface area contributed by atoms with Crippen LogP contribution in [-0.4, -0.2) is 55.9 Å². The topological polar surface area (TPSA) is 115 Å². The van der Waals surface area contributed by atoms with Crippen LogP contribution >= 0.6 is 22.9 Å². The van der Waals surface area contributed by atoms with Crippen LogP contribution in [0.1, 0.15) is 15.2 Å². The Balaban J connectivity index is 1.54. The number of hydrogen-bond donors (Lipinski definition) is 3. The molecule has 2 aromatic rings. The minimum absolute atomic E-state index is 0.000456. The van der Waals surface area contributed by atoms with Crippen LogP contribution in [-0.2, 0) is 9.53 Å². The zero-order chi connectivity index (χ0) is 20.8. The monoisotopic (exact) mass is 434 g/mol. The first-order valence-corrected chi connectivity index (χ1v) is 10.0. The summed E-state index contributed by atoms with van der Waals surface area (Å²) in [5.41, 5.74) is 1.51. The number of halogens is 1. The van der Waals surface area contributed by atoms with E-state index in [1.54, 1.807) is 30.3 Å². The van der Waals surface area contributed by atoms with Crippen molar-refractivity contribution in [3.8, 4) is 6.07 Å². The lowest BCUT2D eigenvalue weighted by Gasteiger charge is -2.27. The van der Waals surface area contributed by atoms with Gasteiger partial charge in [-0.2, -0.15) is 5.26 Å². The number of anilines is 2. The van der Waals surface area contributed by atoms with E-state index in [-0.39, 0.29) is 31.5 Å². The van der Waals surface area contributed by atoms with E-state index in [4.69, 9.17) is 16.3 Å². The van der Waals surface area contributed by atoms with Crippen molar-refractivity contribution in [3.05, 3.63) is 45.1 Å². The molecular formula is C19H19ClN4O4S. The van der Waals surface area contributed by atoms with Gasteiger partial charge in [-0.15, -0.1) is 11.3 Å². The van der Waals surface area contributed by atoms with Crippen molar-refractivity contribution in [2.24, 2.45) is 0 Å². The third kappa shape index (κ3) is 5.46. The Hall–Kier alpha value is -2.64. The summed E-state index contributed by atoms with van der Waals surface area (Å²) in [7, 11) is 0. The quantitative estimate of drug-likeness (QED) is 0.612. The molecular weight excluding hydrogens is 416 g/mol. The highest BCUT2D eigenvalue weighted by Gasteiger charge is 2.22. The van der Waals surface area contributed by atoms with E-state index in [2.05, 4.69) is 16.7 Å². The van der Waals surface area contributed by atoms with Gasteiger partial charge >= 0.3 is 0 Å². The second-order valence-corrected chi connectivity index (χ2v) is 8.01. The van der Waals surface area contributed by atoms with Gasteiger partial charge in [0.05, 0.1) is 33.2 Å². The standard InChI is InChI=1S/C19H19ClN4O4S/c20-17-4-3-16(29-17)19(27)23-10-14(25)9-22-13-1-2-15(12(7-13)8-21)24-5-6-28-11-18(24)26/h1-4,7,14,22,25H,5-6,9-11H2,(H,23,27). The molecule has 0 spiro atoms. The van der Waals surface area contributed by atoms with Crippen molar-refractivity contribution in [1.29, 1.82) is 5.26 Å². The molecule has 0 aliphatic carbocycles. The van der Waals surface area contributed by atoms with Crippen LogP contribution in [0.3, 0.4) is 0 Å². The van der Waals surface area contributed by atoms with Crippen LogP contribution in [0.25, 0.3) is 0 Å². The second kappa shape index (κ2) is 9.71. The zero-order valence-electron chi connectivity index (χ0n) is 15.4. The number of aliphatic hydroxyl groups is 1. The fourth-order valence-electron chi connectivity index (χ4n) is 2.79. The van der Waals surface area contributed by atoms with Gasteiger partial charge in [0.2, 0.25) is 0 Å². The number of morpholine rings is 1. The third-order valence-electron chi connectivity index (χ3n) is 4.23. The summed E-state index contributed by atoms with van der Waals surface area (Å²) in [5, 5.41) is 25.2. The minimum Gasteiger partial charge on any atom is -0.389 e. The maximum Gasteiger partial charge on any atom is 0.261 e. The minimum atomic E-state index is -0.833. The average Bonchev–Trinajstić information content (AvgIpc) is 3.17. The Labute approximate surface area is 176 Å². The zero-order valence-corrected chi connectivity index (χ0v) is 16.9. The van der Waals surface area contributed by atoms with Crippen LogP contribution < -0.4 is 15.5 Å². The van der Waals surface area contributed by atoms with Gasteiger partial charge in [0.15, 0.2) is 0 Å². The molecule has 1 aliphatic heterocycles. The first-order chi connectivity index (χ1) is 14.0. The number of carbonyl (C=O) groups excluding carboxylic acids is 2. The van der Waals surface area contributed by atoms with E-state index >= 15 is 0 Å². The Bertz CT molecular complexity index is 943. The summed E-state index contributed by atoms with van der Waals surface area (Å²) >= 11 is 6.97. The van der Waals surface area contributed by atoms with Crippen molar-refractivity contribution < 1.29 is 19.4 Å². The van der Waals surface area contributed by atoms with Crippen molar-refractivity contribution in [1.82, 2.24) is 5.32 Å². The van der Waals surface area contributed by atoms with Gasteiger partial charge in [-0.25, -0.2) is 0 Å². The number of ether oxygens (including phenoxy) is 1.